The van der Waals surface area contributed by atoms with Crippen molar-refractivity contribution in [1.82, 2.24) is 24.8 Å². The fraction of sp³-hybridized carbons (Fsp3) is 0.0476. The lowest BCUT2D eigenvalue weighted by Gasteiger charge is -2.06. The molecule has 0 unspecified atom stereocenters. The van der Waals surface area contributed by atoms with E-state index in [1.165, 1.54) is 16.3 Å². The lowest BCUT2D eigenvalue weighted by Crippen LogP contribution is -1.97. The minimum absolute atomic E-state index is 0.700. The van der Waals surface area contributed by atoms with Crippen LogP contribution in [0.1, 0.15) is 5.56 Å². The van der Waals surface area contributed by atoms with Crippen LogP contribution in [0, 0.1) is 0 Å². The Morgan fingerprint density at radius 2 is 1.78 bits per heavy atom. The standard InChI is InChI=1S/C21H15N5S/c1-2-9-18-15(5-1)6-3-7-17(18)14-27-20-11-10-19-23-24-21(26(19)25-20)16-8-4-12-22-13-16/h1-13H,14H2. The van der Waals surface area contributed by atoms with Crippen molar-refractivity contribution in [1.29, 1.82) is 0 Å². The third kappa shape index (κ3) is 3.04. The quantitative estimate of drug-likeness (QED) is 0.432. The Hall–Kier alpha value is -3.25. The predicted octanol–water partition coefficient (Wildman–Crippen LogP) is 4.63. The largest absolute Gasteiger partial charge is 0.264 e. The monoisotopic (exact) mass is 369 g/mol. The number of hydrogen-bond acceptors (Lipinski definition) is 5. The first-order valence-corrected chi connectivity index (χ1v) is 9.59. The van der Waals surface area contributed by atoms with E-state index in [4.69, 9.17) is 5.10 Å². The van der Waals surface area contributed by atoms with Gasteiger partial charge in [-0.1, -0.05) is 54.2 Å². The molecule has 0 amide bonds. The van der Waals surface area contributed by atoms with Gasteiger partial charge in [0.2, 0.25) is 0 Å². The molecule has 6 heteroatoms. The molecule has 0 fully saturated rings. The normalized spacial score (nSPS) is 11.3. The molecule has 0 radical (unpaired) electrons. The number of rotatable bonds is 4. The number of nitrogens with zero attached hydrogens (tertiary/aromatic N) is 5. The Labute approximate surface area is 160 Å². The average Bonchev–Trinajstić information content (AvgIpc) is 3.16. The molecule has 5 aromatic rings. The Balaban J connectivity index is 1.47. The highest BCUT2D eigenvalue weighted by atomic mass is 32.2. The zero-order valence-corrected chi connectivity index (χ0v) is 15.2. The Morgan fingerprint density at radius 1 is 0.852 bits per heavy atom. The van der Waals surface area contributed by atoms with Crippen LogP contribution in [0.5, 0.6) is 0 Å². The molecule has 5 rings (SSSR count). The second kappa shape index (κ2) is 6.81. The van der Waals surface area contributed by atoms with E-state index >= 15 is 0 Å². The number of hydrogen-bond donors (Lipinski definition) is 0. The summed E-state index contributed by atoms with van der Waals surface area (Å²) in [6, 6.07) is 22.7. The topological polar surface area (TPSA) is 56.0 Å². The minimum Gasteiger partial charge on any atom is -0.264 e. The molecule has 3 heterocycles. The van der Waals surface area contributed by atoms with Crippen molar-refractivity contribution < 1.29 is 0 Å². The number of benzene rings is 2. The molecular formula is C21H15N5S. The smallest absolute Gasteiger partial charge is 0.186 e. The lowest BCUT2D eigenvalue weighted by molar-refractivity contribution is 0.860. The van der Waals surface area contributed by atoms with Crippen LogP contribution in [0.15, 0.2) is 84.1 Å². The van der Waals surface area contributed by atoms with Crippen molar-refractivity contribution in [2.45, 2.75) is 10.8 Å². The van der Waals surface area contributed by atoms with E-state index in [-0.39, 0.29) is 0 Å². The average molecular weight is 369 g/mol. The van der Waals surface area contributed by atoms with Crippen molar-refractivity contribution in [3.8, 4) is 11.4 Å². The summed E-state index contributed by atoms with van der Waals surface area (Å²) >= 11 is 1.71. The van der Waals surface area contributed by atoms with Crippen LogP contribution < -0.4 is 0 Å². The van der Waals surface area contributed by atoms with Gasteiger partial charge in [0.25, 0.3) is 0 Å². The lowest BCUT2D eigenvalue weighted by atomic mass is 10.1. The van der Waals surface area contributed by atoms with E-state index in [0.29, 0.717) is 5.82 Å². The minimum atomic E-state index is 0.700. The summed E-state index contributed by atoms with van der Waals surface area (Å²) in [5.74, 6) is 1.55. The molecule has 130 valence electrons. The molecule has 2 aromatic carbocycles. The molecule has 0 spiro atoms. The van der Waals surface area contributed by atoms with Gasteiger partial charge in [-0.2, -0.15) is 9.61 Å². The molecule has 0 aliphatic carbocycles. The van der Waals surface area contributed by atoms with Crippen molar-refractivity contribution in [3.05, 3.63) is 84.7 Å². The van der Waals surface area contributed by atoms with Crippen molar-refractivity contribution in [3.63, 3.8) is 0 Å². The summed E-state index contributed by atoms with van der Waals surface area (Å²) in [7, 11) is 0. The third-order valence-corrected chi connectivity index (χ3v) is 5.38. The first kappa shape index (κ1) is 16.0. The maximum atomic E-state index is 4.73. The maximum Gasteiger partial charge on any atom is 0.186 e. The van der Waals surface area contributed by atoms with Gasteiger partial charge < -0.3 is 0 Å². The number of fused-ring (bicyclic) bond motifs is 2. The first-order valence-electron chi connectivity index (χ1n) is 8.61. The summed E-state index contributed by atoms with van der Waals surface area (Å²) in [4.78, 5) is 4.16. The molecule has 27 heavy (non-hydrogen) atoms. The number of pyridine rings is 1. The second-order valence-electron chi connectivity index (χ2n) is 6.13. The highest BCUT2D eigenvalue weighted by Gasteiger charge is 2.10. The van der Waals surface area contributed by atoms with Gasteiger partial charge in [-0.3, -0.25) is 4.98 Å². The highest BCUT2D eigenvalue weighted by molar-refractivity contribution is 7.98. The van der Waals surface area contributed by atoms with Crippen molar-refractivity contribution in [2.24, 2.45) is 0 Å². The van der Waals surface area contributed by atoms with E-state index in [2.05, 4.69) is 57.6 Å². The summed E-state index contributed by atoms with van der Waals surface area (Å²) in [5.41, 5.74) is 2.92. The van der Waals surface area contributed by atoms with Gasteiger partial charge in [-0.05, 0) is 40.6 Å². The van der Waals surface area contributed by atoms with Gasteiger partial charge >= 0.3 is 0 Å². The van der Waals surface area contributed by atoms with Gasteiger partial charge in [0.05, 0.1) is 0 Å². The van der Waals surface area contributed by atoms with E-state index in [1.807, 2.05) is 24.3 Å². The zero-order valence-electron chi connectivity index (χ0n) is 14.4. The van der Waals surface area contributed by atoms with Crippen molar-refractivity contribution >= 4 is 28.2 Å². The molecule has 3 aromatic heterocycles. The SMILES string of the molecule is c1cncc(-c2nnc3ccc(SCc4cccc5ccccc45)nn23)c1. The Bertz CT molecular complexity index is 1230. The van der Waals surface area contributed by atoms with Crippen LogP contribution in [0.25, 0.3) is 27.8 Å². The summed E-state index contributed by atoms with van der Waals surface area (Å²) in [6.45, 7) is 0. The third-order valence-electron chi connectivity index (χ3n) is 4.41. The molecule has 0 atom stereocenters. The van der Waals surface area contributed by atoms with Crippen LogP contribution >= 0.6 is 11.8 Å². The van der Waals surface area contributed by atoms with Crippen LogP contribution in [-0.4, -0.2) is 24.8 Å². The summed E-state index contributed by atoms with van der Waals surface area (Å²) < 4.78 is 1.78. The van der Waals surface area contributed by atoms with E-state index in [1.54, 1.807) is 28.7 Å². The van der Waals surface area contributed by atoms with Gasteiger partial charge in [0.1, 0.15) is 5.03 Å². The molecule has 5 nitrogen and oxygen atoms in total. The predicted molar refractivity (Wildman–Crippen MR) is 108 cm³/mol. The highest BCUT2D eigenvalue weighted by Crippen LogP contribution is 2.27. The zero-order chi connectivity index (χ0) is 18.1. The van der Waals surface area contributed by atoms with Crippen LogP contribution in [0.2, 0.25) is 0 Å². The van der Waals surface area contributed by atoms with Crippen molar-refractivity contribution in [2.75, 3.05) is 0 Å². The first-order chi connectivity index (χ1) is 13.4. The Morgan fingerprint density at radius 3 is 2.70 bits per heavy atom. The summed E-state index contributed by atoms with van der Waals surface area (Å²) in [6.07, 6.45) is 3.51. The van der Waals surface area contributed by atoms with Gasteiger partial charge in [0, 0.05) is 23.7 Å². The molecular weight excluding hydrogens is 354 g/mol. The Kier molecular flexibility index (Phi) is 4.03. The second-order valence-corrected chi connectivity index (χ2v) is 7.13. The maximum absolute atomic E-state index is 4.73. The van der Waals surface area contributed by atoms with E-state index < -0.39 is 0 Å². The van der Waals surface area contributed by atoms with Gasteiger partial charge in [-0.15, -0.1) is 10.2 Å². The van der Waals surface area contributed by atoms with Crippen LogP contribution in [0.4, 0.5) is 0 Å². The molecule has 0 saturated heterocycles. The molecule has 0 N–H and O–H groups in total. The molecule has 0 aliphatic rings. The molecule has 0 aliphatic heterocycles. The van der Waals surface area contributed by atoms with E-state index in [0.717, 1.165) is 22.0 Å². The van der Waals surface area contributed by atoms with Crippen LogP contribution in [0.3, 0.4) is 0 Å². The molecule has 0 bridgehead atoms. The fourth-order valence-electron chi connectivity index (χ4n) is 3.09. The van der Waals surface area contributed by atoms with Gasteiger partial charge in [-0.25, -0.2) is 0 Å². The van der Waals surface area contributed by atoms with E-state index in [9.17, 15) is 0 Å². The number of aromatic nitrogens is 5. The molecule has 0 saturated carbocycles. The van der Waals surface area contributed by atoms with Crippen LogP contribution in [-0.2, 0) is 5.75 Å². The number of thioether (sulfide) groups is 1. The summed E-state index contributed by atoms with van der Waals surface area (Å²) in [5, 5.41) is 16.7. The van der Waals surface area contributed by atoms with Gasteiger partial charge in [0.15, 0.2) is 11.5 Å². The fourth-order valence-corrected chi connectivity index (χ4v) is 3.95.